The average molecular weight is 328 g/mol. The van der Waals surface area contributed by atoms with E-state index < -0.39 is 0 Å². The highest BCUT2D eigenvalue weighted by Gasteiger charge is 2.16. The highest BCUT2D eigenvalue weighted by atomic mass is 35.5. The Hall–Kier alpha value is -2.84. The molecule has 0 bridgehead atoms. The van der Waals surface area contributed by atoms with Gasteiger partial charge in [0.25, 0.3) is 0 Å². The van der Waals surface area contributed by atoms with E-state index in [2.05, 4.69) is 16.0 Å². The summed E-state index contributed by atoms with van der Waals surface area (Å²) >= 11 is 6.11. The van der Waals surface area contributed by atoms with E-state index >= 15 is 0 Å². The van der Waals surface area contributed by atoms with Crippen molar-refractivity contribution in [3.63, 3.8) is 0 Å². The fraction of sp³-hybridized carbons (Fsp3) is 0.118. The van der Waals surface area contributed by atoms with E-state index in [0.717, 1.165) is 0 Å². The maximum atomic E-state index is 9.07. The third kappa shape index (κ3) is 3.33. The van der Waals surface area contributed by atoms with Crippen molar-refractivity contribution in [1.82, 2.24) is 9.97 Å². The van der Waals surface area contributed by atoms with Crippen LogP contribution in [0.2, 0.25) is 5.22 Å². The zero-order chi connectivity index (χ0) is 15.5. The molecule has 6 heteroatoms. The molecule has 0 radical (unpaired) electrons. The van der Waals surface area contributed by atoms with Gasteiger partial charge in [0.2, 0.25) is 11.1 Å². The highest BCUT2D eigenvalue weighted by Crippen LogP contribution is 2.33. The number of oxazole rings is 1. The quantitative estimate of drug-likeness (QED) is 0.704. The molecule has 2 aromatic heterocycles. The van der Waals surface area contributed by atoms with Gasteiger partial charge in [-0.05, 0) is 41.9 Å². The molecular formula is C17H14ClN3O2. The van der Waals surface area contributed by atoms with Gasteiger partial charge >= 0.3 is 0 Å². The van der Waals surface area contributed by atoms with Crippen molar-refractivity contribution in [1.29, 1.82) is 5.26 Å². The minimum absolute atomic E-state index is 0. The Balaban J connectivity index is 0.00000192. The molecule has 0 aliphatic rings. The topological polar surface area (TPSA) is 71.9 Å². The van der Waals surface area contributed by atoms with Crippen molar-refractivity contribution in [3.05, 3.63) is 53.4 Å². The van der Waals surface area contributed by atoms with Gasteiger partial charge in [0.15, 0.2) is 0 Å². The van der Waals surface area contributed by atoms with Crippen LogP contribution in [0.25, 0.3) is 22.8 Å². The van der Waals surface area contributed by atoms with Gasteiger partial charge in [0, 0.05) is 11.8 Å². The summed E-state index contributed by atoms with van der Waals surface area (Å²) in [5, 5.41) is 9.22. The van der Waals surface area contributed by atoms with Crippen molar-refractivity contribution in [2.45, 2.75) is 7.43 Å². The van der Waals surface area contributed by atoms with E-state index in [0.29, 0.717) is 34.2 Å². The third-order valence-corrected chi connectivity index (χ3v) is 3.27. The molecule has 116 valence electrons. The van der Waals surface area contributed by atoms with Crippen LogP contribution in [0.1, 0.15) is 13.0 Å². The molecule has 3 rings (SSSR count). The van der Waals surface area contributed by atoms with E-state index in [9.17, 15) is 0 Å². The standard InChI is InChI=1S/C16H10ClN3O2.CH4/c1-21-12-7-10(9-18)6-11(8-12)16-20-14(15(17)22-16)13-4-2-3-5-19-13;/h2-8H,1H3;1H4. The van der Waals surface area contributed by atoms with Crippen LogP contribution in [-0.2, 0) is 0 Å². The van der Waals surface area contributed by atoms with Gasteiger partial charge in [-0.3, -0.25) is 4.98 Å². The summed E-state index contributed by atoms with van der Waals surface area (Å²) in [4.78, 5) is 8.58. The zero-order valence-corrected chi connectivity index (χ0v) is 12.3. The van der Waals surface area contributed by atoms with Gasteiger partial charge in [0.05, 0.1) is 24.4 Å². The summed E-state index contributed by atoms with van der Waals surface area (Å²) < 4.78 is 10.7. The number of aromatic nitrogens is 2. The van der Waals surface area contributed by atoms with Gasteiger partial charge in [-0.1, -0.05) is 13.5 Å². The van der Waals surface area contributed by atoms with Crippen LogP contribution >= 0.6 is 11.6 Å². The Labute approximate surface area is 139 Å². The minimum Gasteiger partial charge on any atom is -0.497 e. The molecule has 0 amide bonds. The number of methoxy groups -OCH3 is 1. The number of ether oxygens (including phenoxy) is 1. The molecule has 0 saturated heterocycles. The number of benzene rings is 1. The smallest absolute Gasteiger partial charge is 0.228 e. The first-order valence-electron chi connectivity index (χ1n) is 6.38. The van der Waals surface area contributed by atoms with Gasteiger partial charge in [-0.25, -0.2) is 4.98 Å². The summed E-state index contributed by atoms with van der Waals surface area (Å²) in [6, 6.07) is 12.5. The fourth-order valence-corrected chi connectivity index (χ4v) is 2.20. The number of halogens is 1. The number of rotatable bonds is 3. The number of hydrogen-bond donors (Lipinski definition) is 0. The molecule has 5 nitrogen and oxygen atoms in total. The summed E-state index contributed by atoms with van der Waals surface area (Å²) in [5.41, 5.74) is 2.13. The molecule has 0 N–H and O–H groups in total. The molecule has 0 spiro atoms. The summed E-state index contributed by atoms with van der Waals surface area (Å²) in [6.45, 7) is 0. The van der Waals surface area contributed by atoms with Crippen molar-refractivity contribution in [2.75, 3.05) is 7.11 Å². The lowest BCUT2D eigenvalue weighted by molar-refractivity contribution is 0.414. The predicted molar refractivity (Wildman–Crippen MR) is 88.2 cm³/mol. The highest BCUT2D eigenvalue weighted by molar-refractivity contribution is 6.31. The van der Waals surface area contributed by atoms with Crippen LogP contribution in [0.3, 0.4) is 0 Å². The summed E-state index contributed by atoms with van der Waals surface area (Å²) in [6.07, 6.45) is 1.65. The monoisotopic (exact) mass is 327 g/mol. The van der Waals surface area contributed by atoms with E-state index in [-0.39, 0.29) is 12.6 Å². The Morgan fingerprint density at radius 3 is 2.74 bits per heavy atom. The van der Waals surface area contributed by atoms with Crippen molar-refractivity contribution >= 4 is 11.6 Å². The third-order valence-electron chi connectivity index (χ3n) is 3.01. The Bertz CT molecular complexity index is 854. The maximum absolute atomic E-state index is 9.07. The molecule has 3 aromatic rings. The number of pyridine rings is 1. The van der Waals surface area contributed by atoms with Crippen molar-refractivity contribution < 1.29 is 9.15 Å². The fourth-order valence-electron chi connectivity index (χ4n) is 1.99. The van der Waals surface area contributed by atoms with Gasteiger partial charge in [-0.2, -0.15) is 5.26 Å². The molecule has 0 unspecified atom stereocenters. The van der Waals surface area contributed by atoms with E-state index in [4.69, 9.17) is 26.0 Å². The van der Waals surface area contributed by atoms with Crippen molar-refractivity contribution in [2.24, 2.45) is 0 Å². The number of hydrogen-bond acceptors (Lipinski definition) is 5. The van der Waals surface area contributed by atoms with E-state index in [1.807, 2.05) is 6.07 Å². The molecular weight excluding hydrogens is 314 g/mol. The molecule has 23 heavy (non-hydrogen) atoms. The maximum Gasteiger partial charge on any atom is 0.228 e. The van der Waals surface area contributed by atoms with Crippen LogP contribution in [0.5, 0.6) is 5.75 Å². The Morgan fingerprint density at radius 2 is 2.09 bits per heavy atom. The minimum atomic E-state index is 0. The van der Waals surface area contributed by atoms with E-state index in [1.165, 1.54) is 7.11 Å². The largest absolute Gasteiger partial charge is 0.497 e. The molecule has 2 heterocycles. The number of nitrogens with zero attached hydrogens (tertiary/aromatic N) is 3. The molecule has 0 aliphatic carbocycles. The lowest BCUT2D eigenvalue weighted by atomic mass is 10.1. The van der Waals surface area contributed by atoms with Crippen LogP contribution in [0, 0.1) is 11.3 Å². The second kappa shape index (κ2) is 6.95. The molecule has 1 aromatic carbocycles. The van der Waals surface area contributed by atoms with Gasteiger partial charge in [-0.15, -0.1) is 0 Å². The van der Waals surface area contributed by atoms with E-state index in [1.54, 1.807) is 36.5 Å². The van der Waals surface area contributed by atoms with Gasteiger partial charge < -0.3 is 9.15 Å². The van der Waals surface area contributed by atoms with Crippen LogP contribution in [-0.4, -0.2) is 17.1 Å². The van der Waals surface area contributed by atoms with Crippen LogP contribution < -0.4 is 4.74 Å². The zero-order valence-electron chi connectivity index (χ0n) is 11.6. The number of nitriles is 1. The van der Waals surface area contributed by atoms with Gasteiger partial charge in [0.1, 0.15) is 11.4 Å². The van der Waals surface area contributed by atoms with Crippen molar-refractivity contribution in [3.8, 4) is 34.7 Å². The lowest BCUT2D eigenvalue weighted by Crippen LogP contribution is -1.87. The molecule has 0 atom stereocenters. The Morgan fingerprint density at radius 1 is 1.26 bits per heavy atom. The first-order chi connectivity index (χ1) is 10.7. The predicted octanol–water partition coefficient (Wildman–Crippen LogP) is 4.57. The molecule has 0 aliphatic heterocycles. The van der Waals surface area contributed by atoms with Crippen LogP contribution in [0.15, 0.2) is 47.0 Å². The molecule has 0 saturated carbocycles. The second-order valence-electron chi connectivity index (χ2n) is 4.42. The molecule has 0 fully saturated rings. The first-order valence-corrected chi connectivity index (χ1v) is 6.76. The lowest BCUT2D eigenvalue weighted by Gasteiger charge is -2.02. The summed E-state index contributed by atoms with van der Waals surface area (Å²) in [5.74, 6) is 0.851. The SMILES string of the molecule is C.COc1cc(C#N)cc(-c2nc(-c3ccccn3)c(Cl)o2)c1. The summed E-state index contributed by atoms with van der Waals surface area (Å²) in [7, 11) is 1.53. The van der Waals surface area contributed by atoms with Crippen LogP contribution in [0.4, 0.5) is 0 Å². The normalized spacial score (nSPS) is 9.78. The first kappa shape index (κ1) is 16.5. The Kier molecular flexibility index (Phi) is 4.99. The average Bonchev–Trinajstić information content (AvgIpc) is 2.97. The second-order valence-corrected chi connectivity index (χ2v) is 4.76.